The van der Waals surface area contributed by atoms with Gasteiger partial charge >= 0.3 is 0 Å². The molecule has 1 aromatic carbocycles. The molecule has 2 aromatic rings. The number of aromatic nitrogens is 3. The second-order valence-corrected chi connectivity index (χ2v) is 7.04. The second kappa shape index (κ2) is 6.53. The van der Waals surface area contributed by atoms with Crippen molar-refractivity contribution in [2.75, 3.05) is 6.61 Å². The van der Waals surface area contributed by atoms with Crippen molar-refractivity contribution < 1.29 is 9.90 Å². The van der Waals surface area contributed by atoms with Crippen LogP contribution in [0.25, 0.3) is 5.69 Å². The minimum atomic E-state index is -0.308. The standard InChI is InChI=1S/C17H21ClN4O2/c1-11-19-15(21-22(11)13-7-5-12(18)6-8-13)16(24)20-14-4-3-9-17(14,2)10-23/h5-8,14,23H,3-4,9-10H2,1-2H3,(H,20,24). The number of benzene rings is 1. The van der Waals surface area contributed by atoms with Gasteiger partial charge in [-0.15, -0.1) is 5.10 Å². The zero-order valence-electron chi connectivity index (χ0n) is 13.8. The monoisotopic (exact) mass is 348 g/mol. The Labute approximate surface area is 145 Å². The Kier molecular flexibility index (Phi) is 4.60. The van der Waals surface area contributed by atoms with Crippen LogP contribution in [0.15, 0.2) is 24.3 Å². The molecular weight excluding hydrogens is 328 g/mol. The number of hydrogen-bond acceptors (Lipinski definition) is 4. The molecule has 0 radical (unpaired) electrons. The Morgan fingerprint density at radius 3 is 2.83 bits per heavy atom. The van der Waals surface area contributed by atoms with Gasteiger partial charge in [-0.25, -0.2) is 9.67 Å². The highest BCUT2D eigenvalue weighted by atomic mass is 35.5. The summed E-state index contributed by atoms with van der Waals surface area (Å²) in [5, 5.41) is 17.5. The van der Waals surface area contributed by atoms with Gasteiger partial charge in [0.2, 0.25) is 5.82 Å². The maximum absolute atomic E-state index is 12.5. The van der Waals surface area contributed by atoms with E-state index in [4.69, 9.17) is 11.6 Å². The van der Waals surface area contributed by atoms with Gasteiger partial charge in [0.05, 0.1) is 12.3 Å². The number of aliphatic hydroxyl groups excluding tert-OH is 1. The number of rotatable bonds is 4. The van der Waals surface area contributed by atoms with E-state index in [2.05, 4.69) is 15.4 Å². The highest BCUT2D eigenvalue weighted by molar-refractivity contribution is 6.30. The van der Waals surface area contributed by atoms with Crippen molar-refractivity contribution in [3.8, 4) is 5.69 Å². The van der Waals surface area contributed by atoms with Crippen LogP contribution in [0, 0.1) is 12.3 Å². The van der Waals surface area contributed by atoms with Crippen molar-refractivity contribution in [3.05, 3.63) is 40.9 Å². The Morgan fingerprint density at radius 1 is 1.46 bits per heavy atom. The molecule has 1 fully saturated rings. The summed E-state index contributed by atoms with van der Waals surface area (Å²) in [7, 11) is 0. The van der Waals surface area contributed by atoms with Crippen molar-refractivity contribution in [2.45, 2.75) is 39.2 Å². The zero-order chi connectivity index (χ0) is 17.3. The number of aryl methyl sites for hydroxylation is 1. The van der Waals surface area contributed by atoms with Gasteiger partial charge in [-0.2, -0.15) is 0 Å². The minimum Gasteiger partial charge on any atom is -0.396 e. The van der Waals surface area contributed by atoms with E-state index in [1.807, 2.05) is 19.1 Å². The molecule has 1 amide bonds. The van der Waals surface area contributed by atoms with E-state index in [1.54, 1.807) is 23.7 Å². The maximum atomic E-state index is 12.5. The molecule has 0 aliphatic heterocycles. The third kappa shape index (κ3) is 3.16. The Bertz CT molecular complexity index is 744. The molecule has 1 heterocycles. The molecule has 0 bridgehead atoms. The van der Waals surface area contributed by atoms with Gasteiger partial charge in [-0.1, -0.05) is 24.9 Å². The summed E-state index contributed by atoms with van der Waals surface area (Å²) in [6, 6.07) is 7.13. The Morgan fingerprint density at radius 2 is 2.17 bits per heavy atom. The SMILES string of the molecule is Cc1nc(C(=O)NC2CCCC2(C)CO)nn1-c1ccc(Cl)cc1. The average molecular weight is 349 g/mol. The van der Waals surface area contributed by atoms with E-state index in [-0.39, 0.29) is 29.8 Å². The van der Waals surface area contributed by atoms with E-state index in [9.17, 15) is 9.90 Å². The van der Waals surface area contributed by atoms with Gasteiger partial charge in [0.15, 0.2) is 0 Å². The van der Waals surface area contributed by atoms with Gasteiger partial charge in [0.1, 0.15) is 5.82 Å². The summed E-state index contributed by atoms with van der Waals surface area (Å²) in [5.41, 5.74) is 0.521. The van der Waals surface area contributed by atoms with Crippen LogP contribution in [-0.2, 0) is 0 Å². The van der Waals surface area contributed by atoms with Crippen LogP contribution in [0.2, 0.25) is 5.02 Å². The first-order valence-corrected chi connectivity index (χ1v) is 8.42. The van der Waals surface area contributed by atoms with Crippen LogP contribution in [0.5, 0.6) is 0 Å². The number of amides is 1. The normalized spacial score (nSPS) is 23.4. The van der Waals surface area contributed by atoms with Crippen LogP contribution < -0.4 is 5.32 Å². The lowest BCUT2D eigenvalue weighted by Crippen LogP contribution is -2.45. The van der Waals surface area contributed by atoms with Gasteiger partial charge in [0, 0.05) is 16.5 Å². The Hall–Kier alpha value is -1.92. The van der Waals surface area contributed by atoms with Crippen LogP contribution in [0.4, 0.5) is 0 Å². The molecule has 2 unspecified atom stereocenters. The molecule has 24 heavy (non-hydrogen) atoms. The minimum absolute atomic E-state index is 0.0576. The van der Waals surface area contributed by atoms with E-state index in [1.165, 1.54) is 0 Å². The van der Waals surface area contributed by atoms with Crippen molar-refractivity contribution in [2.24, 2.45) is 5.41 Å². The summed E-state index contributed by atoms with van der Waals surface area (Å²) in [5.74, 6) is 0.450. The fourth-order valence-electron chi connectivity index (χ4n) is 3.20. The van der Waals surface area contributed by atoms with Crippen LogP contribution in [-0.4, -0.2) is 38.4 Å². The van der Waals surface area contributed by atoms with Crippen LogP contribution in [0.1, 0.15) is 42.6 Å². The van der Waals surface area contributed by atoms with Crippen molar-refractivity contribution in [1.29, 1.82) is 0 Å². The van der Waals surface area contributed by atoms with Gasteiger partial charge < -0.3 is 10.4 Å². The highest BCUT2D eigenvalue weighted by Gasteiger charge is 2.39. The van der Waals surface area contributed by atoms with E-state index in [0.717, 1.165) is 24.9 Å². The van der Waals surface area contributed by atoms with Crippen LogP contribution >= 0.6 is 11.6 Å². The number of carbonyl (C=O) groups is 1. The summed E-state index contributed by atoms with van der Waals surface area (Å²) >= 11 is 5.90. The van der Waals surface area contributed by atoms with Crippen LogP contribution in [0.3, 0.4) is 0 Å². The number of aliphatic hydroxyl groups is 1. The smallest absolute Gasteiger partial charge is 0.291 e. The predicted molar refractivity (Wildman–Crippen MR) is 91.4 cm³/mol. The first-order chi connectivity index (χ1) is 11.4. The van der Waals surface area contributed by atoms with Gasteiger partial charge in [0.25, 0.3) is 5.91 Å². The summed E-state index contributed by atoms with van der Waals surface area (Å²) < 4.78 is 1.62. The predicted octanol–water partition coefficient (Wildman–Crippen LogP) is 2.51. The Balaban J connectivity index is 1.79. The number of halogens is 1. The summed E-state index contributed by atoms with van der Waals surface area (Å²) in [6.45, 7) is 3.85. The lowest BCUT2D eigenvalue weighted by atomic mass is 9.86. The first kappa shape index (κ1) is 16.9. The molecule has 0 saturated heterocycles. The van der Waals surface area contributed by atoms with Crippen molar-refractivity contribution >= 4 is 17.5 Å². The van der Waals surface area contributed by atoms with Gasteiger partial charge in [-0.05, 0) is 44.0 Å². The summed E-state index contributed by atoms with van der Waals surface area (Å²) in [4.78, 5) is 16.8. The van der Waals surface area contributed by atoms with Crippen molar-refractivity contribution in [1.82, 2.24) is 20.1 Å². The summed E-state index contributed by atoms with van der Waals surface area (Å²) in [6.07, 6.45) is 2.76. The average Bonchev–Trinajstić information content (AvgIpc) is 3.12. The third-order valence-corrected chi connectivity index (χ3v) is 5.04. The largest absolute Gasteiger partial charge is 0.396 e. The molecule has 0 spiro atoms. The van der Waals surface area contributed by atoms with Crippen molar-refractivity contribution in [3.63, 3.8) is 0 Å². The molecule has 2 N–H and O–H groups in total. The van der Waals surface area contributed by atoms with E-state index < -0.39 is 0 Å². The molecule has 1 aliphatic carbocycles. The molecule has 1 saturated carbocycles. The zero-order valence-corrected chi connectivity index (χ0v) is 14.5. The molecule has 2 atom stereocenters. The number of hydrogen-bond donors (Lipinski definition) is 2. The number of nitrogens with one attached hydrogen (secondary N) is 1. The number of carbonyl (C=O) groups excluding carboxylic acids is 1. The van der Waals surface area contributed by atoms with E-state index >= 15 is 0 Å². The lowest BCUT2D eigenvalue weighted by molar-refractivity contribution is 0.0821. The number of nitrogens with zero attached hydrogens (tertiary/aromatic N) is 3. The quantitative estimate of drug-likeness (QED) is 0.889. The first-order valence-electron chi connectivity index (χ1n) is 8.04. The maximum Gasteiger partial charge on any atom is 0.291 e. The fourth-order valence-corrected chi connectivity index (χ4v) is 3.33. The van der Waals surface area contributed by atoms with Gasteiger partial charge in [-0.3, -0.25) is 4.79 Å². The molecule has 6 nitrogen and oxygen atoms in total. The third-order valence-electron chi connectivity index (χ3n) is 4.79. The topological polar surface area (TPSA) is 80.0 Å². The molecule has 1 aliphatic rings. The van der Waals surface area contributed by atoms with E-state index in [0.29, 0.717) is 10.8 Å². The fraction of sp³-hybridized carbons (Fsp3) is 0.471. The molecule has 3 rings (SSSR count). The lowest BCUT2D eigenvalue weighted by Gasteiger charge is -2.29. The molecular formula is C17H21ClN4O2. The molecule has 7 heteroatoms. The molecule has 1 aromatic heterocycles. The molecule has 128 valence electrons. The highest BCUT2D eigenvalue weighted by Crippen LogP contribution is 2.37. The second-order valence-electron chi connectivity index (χ2n) is 6.60.